The molecule has 0 radical (unpaired) electrons. The molecule has 1 aliphatic rings. The Morgan fingerprint density at radius 3 is 2.75 bits per heavy atom. The lowest BCUT2D eigenvalue weighted by atomic mass is 9.86. The fourth-order valence-corrected chi connectivity index (χ4v) is 2.82. The van der Waals surface area contributed by atoms with Gasteiger partial charge in [-0.2, -0.15) is 0 Å². The van der Waals surface area contributed by atoms with Gasteiger partial charge in [-0.05, 0) is 55.3 Å². The molecule has 2 aromatic rings. The summed E-state index contributed by atoms with van der Waals surface area (Å²) in [6, 6.07) is 12.9. The summed E-state index contributed by atoms with van der Waals surface area (Å²) in [6.07, 6.45) is 0.259. The zero-order valence-electron chi connectivity index (χ0n) is 14.0. The molecule has 0 aromatic heterocycles. The predicted molar refractivity (Wildman–Crippen MR) is 93.4 cm³/mol. The molecule has 2 aromatic carbocycles. The van der Waals surface area contributed by atoms with E-state index in [-0.39, 0.29) is 18.2 Å². The first kappa shape index (κ1) is 16.1. The third-order valence-electron chi connectivity index (χ3n) is 4.29. The second-order valence-corrected chi connectivity index (χ2v) is 6.42. The highest BCUT2D eigenvalue weighted by molar-refractivity contribution is 6.06. The fraction of sp³-hybridized carbons (Fsp3) is 0.263. The van der Waals surface area contributed by atoms with Crippen molar-refractivity contribution in [1.82, 2.24) is 0 Å². The van der Waals surface area contributed by atoms with Crippen LogP contribution in [0.5, 0.6) is 5.75 Å². The van der Waals surface area contributed by atoms with E-state index in [4.69, 9.17) is 4.74 Å². The van der Waals surface area contributed by atoms with Crippen molar-refractivity contribution in [3.63, 3.8) is 0 Å². The molecule has 2 N–H and O–H groups in total. The molecule has 5 nitrogen and oxygen atoms in total. The van der Waals surface area contributed by atoms with Crippen LogP contribution in [0.15, 0.2) is 42.5 Å². The van der Waals surface area contributed by atoms with Crippen molar-refractivity contribution in [1.29, 1.82) is 0 Å². The summed E-state index contributed by atoms with van der Waals surface area (Å²) in [6.45, 7) is 3.74. The van der Waals surface area contributed by atoms with Crippen LogP contribution in [0.2, 0.25) is 0 Å². The number of fused-ring (bicyclic) bond motifs is 1. The summed E-state index contributed by atoms with van der Waals surface area (Å²) in [5.41, 5.74) is 2.67. The molecule has 24 heavy (non-hydrogen) atoms. The van der Waals surface area contributed by atoms with E-state index in [1.54, 1.807) is 13.2 Å². The van der Waals surface area contributed by atoms with Crippen LogP contribution < -0.4 is 15.4 Å². The maximum absolute atomic E-state index is 12.3. The van der Waals surface area contributed by atoms with Gasteiger partial charge in [0.15, 0.2) is 0 Å². The van der Waals surface area contributed by atoms with Gasteiger partial charge in [0.2, 0.25) is 11.8 Å². The number of amides is 2. The van der Waals surface area contributed by atoms with Gasteiger partial charge in [-0.25, -0.2) is 0 Å². The number of ether oxygens (including phenoxy) is 1. The van der Waals surface area contributed by atoms with E-state index in [2.05, 4.69) is 10.6 Å². The Balaban J connectivity index is 1.74. The minimum Gasteiger partial charge on any atom is -0.497 e. The van der Waals surface area contributed by atoms with Crippen LogP contribution in [0.3, 0.4) is 0 Å². The van der Waals surface area contributed by atoms with E-state index in [0.29, 0.717) is 5.69 Å². The molecule has 0 spiro atoms. The molecule has 3 rings (SSSR count). The van der Waals surface area contributed by atoms with Crippen molar-refractivity contribution >= 4 is 23.2 Å². The summed E-state index contributed by atoms with van der Waals surface area (Å²) in [5, 5.41) is 5.75. The fourth-order valence-electron chi connectivity index (χ4n) is 2.82. The molecule has 0 aliphatic carbocycles. The minimum absolute atomic E-state index is 0.0302. The van der Waals surface area contributed by atoms with Gasteiger partial charge in [0, 0.05) is 11.4 Å². The summed E-state index contributed by atoms with van der Waals surface area (Å²) in [7, 11) is 1.60. The molecule has 5 heteroatoms. The van der Waals surface area contributed by atoms with Gasteiger partial charge in [0.1, 0.15) is 5.75 Å². The van der Waals surface area contributed by atoms with E-state index in [1.807, 2.05) is 50.2 Å². The number of hydrogen-bond acceptors (Lipinski definition) is 3. The molecule has 124 valence electrons. The largest absolute Gasteiger partial charge is 0.497 e. The predicted octanol–water partition coefficient (Wildman–Crippen LogP) is 3.11. The molecule has 0 fully saturated rings. The Bertz CT molecular complexity index is 812. The number of hydrogen-bond donors (Lipinski definition) is 2. The molecular formula is C19H20N2O3. The molecule has 0 atom stereocenters. The summed E-state index contributed by atoms with van der Waals surface area (Å²) < 4.78 is 5.17. The van der Waals surface area contributed by atoms with Crippen molar-refractivity contribution in [3.05, 3.63) is 53.6 Å². The first-order chi connectivity index (χ1) is 11.4. The maximum atomic E-state index is 12.3. The monoisotopic (exact) mass is 324 g/mol. The molecule has 0 saturated heterocycles. The van der Waals surface area contributed by atoms with Crippen LogP contribution >= 0.6 is 0 Å². The lowest BCUT2D eigenvalue weighted by molar-refractivity contribution is -0.119. The second kappa shape index (κ2) is 6.00. The smallest absolute Gasteiger partial charge is 0.234 e. The number of benzene rings is 2. The number of rotatable bonds is 4. The van der Waals surface area contributed by atoms with E-state index < -0.39 is 5.41 Å². The summed E-state index contributed by atoms with van der Waals surface area (Å²) >= 11 is 0. The van der Waals surface area contributed by atoms with Gasteiger partial charge in [0.25, 0.3) is 0 Å². The molecule has 0 saturated carbocycles. The topological polar surface area (TPSA) is 67.4 Å². The first-order valence-corrected chi connectivity index (χ1v) is 7.79. The zero-order valence-corrected chi connectivity index (χ0v) is 14.0. The molecule has 0 bridgehead atoms. The van der Waals surface area contributed by atoms with Crippen LogP contribution in [0.4, 0.5) is 11.4 Å². The Morgan fingerprint density at radius 1 is 1.21 bits per heavy atom. The molecule has 1 heterocycles. The van der Waals surface area contributed by atoms with Gasteiger partial charge in [-0.1, -0.05) is 12.1 Å². The number of carbonyl (C=O) groups excluding carboxylic acids is 2. The Kier molecular flexibility index (Phi) is 4.01. The average molecular weight is 324 g/mol. The van der Waals surface area contributed by atoms with Crippen LogP contribution in [-0.2, 0) is 21.4 Å². The van der Waals surface area contributed by atoms with E-state index in [9.17, 15) is 9.59 Å². The Hall–Kier alpha value is -2.82. The van der Waals surface area contributed by atoms with Crippen molar-refractivity contribution < 1.29 is 14.3 Å². The molecule has 2 amide bonds. The van der Waals surface area contributed by atoms with Crippen LogP contribution in [0.25, 0.3) is 0 Å². The molecular weight excluding hydrogens is 304 g/mol. The second-order valence-electron chi connectivity index (χ2n) is 6.42. The highest BCUT2D eigenvalue weighted by Crippen LogP contribution is 2.38. The SMILES string of the molecule is COc1cccc(CC(=O)Nc2ccc3c(c2)C(C)(C)C(=O)N3)c1. The quantitative estimate of drug-likeness (QED) is 0.908. The number of carbonyl (C=O) groups is 2. The summed E-state index contributed by atoms with van der Waals surface area (Å²) in [4.78, 5) is 24.3. The Labute approximate surface area is 141 Å². The van der Waals surface area contributed by atoms with Gasteiger partial charge < -0.3 is 15.4 Å². The minimum atomic E-state index is -0.594. The number of methoxy groups -OCH3 is 1. The zero-order chi connectivity index (χ0) is 17.3. The standard InChI is InChI=1S/C19H20N2O3/c1-19(2)15-11-13(7-8-16(15)21-18(19)23)20-17(22)10-12-5-4-6-14(9-12)24-3/h4-9,11H,10H2,1-3H3,(H,20,22)(H,21,23). The third kappa shape index (κ3) is 2.97. The van der Waals surface area contributed by atoms with Gasteiger partial charge in [0.05, 0.1) is 18.9 Å². The number of nitrogens with one attached hydrogen (secondary N) is 2. The highest BCUT2D eigenvalue weighted by atomic mass is 16.5. The first-order valence-electron chi connectivity index (χ1n) is 7.79. The van der Waals surface area contributed by atoms with Crippen molar-refractivity contribution in [2.75, 3.05) is 17.7 Å². The molecule has 1 aliphatic heterocycles. The summed E-state index contributed by atoms with van der Waals surface area (Å²) in [5.74, 6) is 0.583. The lowest BCUT2D eigenvalue weighted by Crippen LogP contribution is -2.27. The molecule has 0 unspecified atom stereocenters. The Morgan fingerprint density at radius 2 is 2.00 bits per heavy atom. The van der Waals surface area contributed by atoms with Crippen LogP contribution in [-0.4, -0.2) is 18.9 Å². The highest BCUT2D eigenvalue weighted by Gasteiger charge is 2.38. The lowest BCUT2D eigenvalue weighted by Gasteiger charge is -2.16. The number of anilines is 2. The van der Waals surface area contributed by atoms with Crippen molar-refractivity contribution in [2.45, 2.75) is 25.7 Å². The van der Waals surface area contributed by atoms with Crippen LogP contribution in [0, 0.1) is 0 Å². The third-order valence-corrected chi connectivity index (χ3v) is 4.29. The van der Waals surface area contributed by atoms with Gasteiger partial charge in [-0.3, -0.25) is 9.59 Å². The maximum Gasteiger partial charge on any atom is 0.234 e. The van der Waals surface area contributed by atoms with E-state index >= 15 is 0 Å². The van der Waals surface area contributed by atoms with Gasteiger partial charge in [-0.15, -0.1) is 0 Å². The van der Waals surface area contributed by atoms with E-state index in [0.717, 1.165) is 22.6 Å². The normalized spacial score (nSPS) is 14.7. The van der Waals surface area contributed by atoms with Gasteiger partial charge >= 0.3 is 0 Å². The average Bonchev–Trinajstić information content (AvgIpc) is 2.77. The van der Waals surface area contributed by atoms with Crippen molar-refractivity contribution in [3.8, 4) is 5.75 Å². The van der Waals surface area contributed by atoms with E-state index in [1.165, 1.54) is 0 Å². The van der Waals surface area contributed by atoms with Crippen molar-refractivity contribution in [2.24, 2.45) is 0 Å². The van der Waals surface area contributed by atoms with Crippen LogP contribution in [0.1, 0.15) is 25.0 Å².